The number of amides is 1. The van der Waals surface area contributed by atoms with Crippen molar-refractivity contribution in [2.75, 3.05) is 25.6 Å². The highest BCUT2D eigenvalue weighted by atomic mass is 32.1. The quantitative estimate of drug-likeness (QED) is 0.552. The Balaban J connectivity index is 1.47. The van der Waals surface area contributed by atoms with Crippen molar-refractivity contribution < 1.29 is 14.3 Å². The van der Waals surface area contributed by atoms with Gasteiger partial charge in [0.05, 0.1) is 23.0 Å². The monoisotopic (exact) mass is 454 g/mol. The molecule has 3 aromatic rings. The van der Waals surface area contributed by atoms with Crippen molar-refractivity contribution >= 4 is 33.3 Å². The van der Waals surface area contributed by atoms with Gasteiger partial charge in [-0.15, -0.1) is 11.3 Å². The van der Waals surface area contributed by atoms with Crippen LogP contribution in [0, 0.1) is 6.92 Å². The summed E-state index contributed by atoms with van der Waals surface area (Å²) in [6.07, 6.45) is 4.02. The number of hydrogen-bond acceptors (Lipinski definition) is 7. The van der Waals surface area contributed by atoms with Gasteiger partial charge in [0.25, 0.3) is 5.91 Å². The fourth-order valence-corrected chi connectivity index (χ4v) is 5.23. The van der Waals surface area contributed by atoms with Crippen LogP contribution in [-0.2, 0) is 11.2 Å². The number of thiophene rings is 1. The van der Waals surface area contributed by atoms with Gasteiger partial charge in [-0.25, -0.2) is 9.97 Å². The Kier molecular flexibility index (Phi) is 6.62. The molecule has 1 unspecified atom stereocenters. The van der Waals surface area contributed by atoms with Crippen LogP contribution in [0.4, 0.5) is 5.82 Å². The number of nitrogens with zero attached hydrogens (tertiary/aromatic N) is 2. The van der Waals surface area contributed by atoms with E-state index in [9.17, 15) is 4.79 Å². The molecule has 1 amide bonds. The minimum absolute atomic E-state index is 0.0458. The highest BCUT2D eigenvalue weighted by molar-refractivity contribution is 7.20. The predicted molar refractivity (Wildman–Crippen MR) is 128 cm³/mol. The van der Waals surface area contributed by atoms with Gasteiger partial charge in [0, 0.05) is 19.2 Å². The van der Waals surface area contributed by atoms with Gasteiger partial charge in [0.1, 0.15) is 22.7 Å². The molecule has 7 nitrogen and oxygen atoms in total. The summed E-state index contributed by atoms with van der Waals surface area (Å²) in [5, 5.41) is 7.54. The van der Waals surface area contributed by atoms with E-state index in [2.05, 4.69) is 40.5 Å². The van der Waals surface area contributed by atoms with Crippen molar-refractivity contribution in [1.29, 1.82) is 0 Å². The molecule has 1 fully saturated rings. The van der Waals surface area contributed by atoms with Crippen LogP contribution in [0.15, 0.2) is 30.6 Å². The summed E-state index contributed by atoms with van der Waals surface area (Å²) in [7, 11) is 1.67. The predicted octanol–water partition coefficient (Wildman–Crippen LogP) is 4.35. The summed E-state index contributed by atoms with van der Waals surface area (Å²) >= 11 is 1.42. The summed E-state index contributed by atoms with van der Waals surface area (Å²) in [6, 6.07) is 8.16. The van der Waals surface area contributed by atoms with E-state index in [1.54, 1.807) is 13.4 Å². The number of carbonyl (C=O) groups is 1. The third-order valence-corrected chi connectivity index (χ3v) is 7.00. The van der Waals surface area contributed by atoms with Crippen LogP contribution in [0.1, 0.15) is 47.5 Å². The van der Waals surface area contributed by atoms with Gasteiger partial charge in [-0.1, -0.05) is 12.1 Å². The lowest BCUT2D eigenvalue weighted by molar-refractivity contribution is -0.0615. The fourth-order valence-electron chi connectivity index (χ4n) is 4.18. The van der Waals surface area contributed by atoms with Gasteiger partial charge in [-0.2, -0.15) is 0 Å². The Morgan fingerprint density at radius 2 is 2.19 bits per heavy atom. The first kappa shape index (κ1) is 22.5. The highest BCUT2D eigenvalue weighted by Crippen LogP contribution is 2.34. The maximum Gasteiger partial charge on any atom is 0.261 e. The van der Waals surface area contributed by atoms with Crippen LogP contribution >= 0.6 is 11.3 Å². The number of hydrogen-bond donors (Lipinski definition) is 2. The first-order valence-corrected chi connectivity index (χ1v) is 11.7. The molecular weight excluding hydrogens is 424 g/mol. The van der Waals surface area contributed by atoms with Gasteiger partial charge >= 0.3 is 0 Å². The Hall–Kier alpha value is -2.71. The van der Waals surface area contributed by atoms with E-state index in [0.717, 1.165) is 46.6 Å². The molecule has 0 bridgehead atoms. The number of methoxy groups -OCH3 is 1. The van der Waals surface area contributed by atoms with Gasteiger partial charge in [0.15, 0.2) is 0 Å². The van der Waals surface area contributed by atoms with Gasteiger partial charge in [-0.3, -0.25) is 4.79 Å². The second kappa shape index (κ2) is 9.42. The number of aryl methyl sites for hydroxylation is 1. The van der Waals surface area contributed by atoms with E-state index < -0.39 is 0 Å². The first-order chi connectivity index (χ1) is 15.4. The van der Waals surface area contributed by atoms with E-state index in [0.29, 0.717) is 18.0 Å². The van der Waals surface area contributed by atoms with Crippen LogP contribution in [0.25, 0.3) is 10.2 Å². The Bertz CT molecular complexity index is 1110. The number of aromatic nitrogens is 2. The van der Waals surface area contributed by atoms with Crippen molar-refractivity contribution in [3.05, 3.63) is 46.6 Å². The maximum atomic E-state index is 13.1. The van der Waals surface area contributed by atoms with E-state index in [1.165, 1.54) is 16.9 Å². The molecule has 4 rings (SSSR count). The topological polar surface area (TPSA) is 85.4 Å². The van der Waals surface area contributed by atoms with Crippen LogP contribution < -0.4 is 15.4 Å². The van der Waals surface area contributed by atoms with Crippen LogP contribution in [-0.4, -0.2) is 47.8 Å². The summed E-state index contributed by atoms with van der Waals surface area (Å²) in [5.74, 6) is 1.57. The van der Waals surface area contributed by atoms with Crippen LogP contribution in [0.5, 0.6) is 5.75 Å². The van der Waals surface area contributed by atoms with Crippen molar-refractivity contribution in [1.82, 2.24) is 15.3 Å². The SMILES string of the molecule is COc1cccc(CCNc2ncnc3sc(C(=O)NC4CCOC(C)(C)C4)c(C)c23)c1. The van der Waals surface area contributed by atoms with Gasteiger partial charge < -0.3 is 20.1 Å². The molecule has 170 valence electrons. The molecule has 8 heteroatoms. The molecule has 0 radical (unpaired) electrons. The molecule has 1 atom stereocenters. The standard InChI is InChI=1S/C24H30N4O3S/c1-15-19-21(25-10-8-16-6-5-7-18(12-16)30-4)26-14-27-23(19)32-20(15)22(29)28-17-9-11-31-24(2,3)13-17/h5-7,12,14,17H,8-11,13H2,1-4H3,(H,28,29)(H,25,26,27). The number of benzene rings is 1. The Labute approximate surface area is 192 Å². The minimum atomic E-state index is -0.212. The summed E-state index contributed by atoms with van der Waals surface area (Å²) < 4.78 is 11.1. The lowest BCUT2D eigenvalue weighted by atomic mass is 9.94. The number of rotatable bonds is 7. The molecule has 0 spiro atoms. The summed E-state index contributed by atoms with van der Waals surface area (Å²) in [5.41, 5.74) is 1.89. The molecule has 1 aromatic carbocycles. The lowest BCUT2D eigenvalue weighted by Gasteiger charge is -2.35. The third kappa shape index (κ3) is 5.02. The first-order valence-electron chi connectivity index (χ1n) is 10.9. The molecule has 32 heavy (non-hydrogen) atoms. The molecule has 0 saturated carbocycles. The van der Waals surface area contributed by atoms with E-state index in [-0.39, 0.29) is 17.6 Å². The molecule has 2 aromatic heterocycles. The van der Waals surface area contributed by atoms with Gasteiger partial charge in [0.2, 0.25) is 0 Å². The summed E-state index contributed by atoms with van der Waals surface area (Å²) in [4.78, 5) is 23.4. The molecule has 1 aliphatic rings. The Morgan fingerprint density at radius 1 is 1.34 bits per heavy atom. The zero-order valence-electron chi connectivity index (χ0n) is 19.0. The van der Waals surface area contributed by atoms with Gasteiger partial charge in [-0.05, 0) is 63.3 Å². The lowest BCUT2D eigenvalue weighted by Crippen LogP contribution is -2.45. The zero-order valence-corrected chi connectivity index (χ0v) is 19.8. The number of ether oxygens (including phenoxy) is 2. The average molecular weight is 455 g/mol. The molecule has 2 N–H and O–H groups in total. The fraction of sp³-hybridized carbons (Fsp3) is 0.458. The van der Waals surface area contributed by atoms with Crippen molar-refractivity contribution in [3.63, 3.8) is 0 Å². The number of anilines is 1. The van der Waals surface area contributed by atoms with Crippen LogP contribution in [0.2, 0.25) is 0 Å². The second-order valence-corrected chi connectivity index (χ2v) is 9.76. The molecule has 1 aliphatic heterocycles. The molecule has 3 heterocycles. The van der Waals surface area contributed by atoms with E-state index >= 15 is 0 Å². The molecular formula is C24H30N4O3S. The van der Waals surface area contributed by atoms with Crippen LogP contribution in [0.3, 0.4) is 0 Å². The molecule has 0 aliphatic carbocycles. The number of fused-ring (bicyclic) bond motifs is 1. The largest absolute Gasteiger partial charge is 0.497 e. The van der Waals surface area contributed by atoms with E-state index in [1.807, 2.05) is 25.1 Å². The molecule has 1 saturated heterocycles. The third-order valence-electron chi connectivity index (χ3n) is 5.81. The summed E-state index contributed by atoms with van der Waals surface area (Å²) in [6.45, 7) is 7.48. The second-order valence-electron chi connectivity index (χ2n) is 8.76. The Morgan fingerprint density at radius 3 is 2.97 bits per heavy atom. The number of carbonyl (C=O) groups excluding carboxylic acids is 1. The smallest absolute Gasteiger partial charge is 0.261 e. The van der Waals surface area contributed by atoms with Crippen molar-refractivity contribution in [2.45, 2.75) is 51.7 Å². The zero-order chi connectivity index (χ0) is 22.7. The minimum Gasteiger partial charge on any atom is -0.497 e. The number of nitrogens with one attached hydrogen (secondary N) is 2. The van der Waals surface area contributed by atoms with E-state index in [4.69, 9.17) is 9.47 Å². The average Bonchev–Trinajstić information content (AvgIpc) is 3.11. The maximum absolute atomic E-state index is 13.1. The van der Waals surface area contributed by atoms with Crippen molar-refractivity contribution in [2.24, 2.45) is 0 Å². The normalized spacial score (nSPS) is 17.8. The highest BCUT2D eigenvalue weighted by Gasteiger charge is 2.30. The van der Waals surface area contributed by atoms with Crippen molar-refractivity contribution in [3.8, 4) is 5.75 Å².